The van der Waals surface area contributed by atoms with Crippen LogP contribution in [-0.2, 0) is 11.2 Å². The summed E-state index contributed by atoms with van der Waals surface area (Å²) in [6.45, 7) is 1.52. The number of hydrogen-bond donors (Lipinski definition) is 2. The van der Waals surface area contributed by atoms with Crippen molar-refractivity contribution in [3.8, 4) is 5.75 Å². The SMILES string of the molecule is COc1cncc(C(=O)N2CCCCc3cccc(n3)NCCNC(=O)C2)c1. The fraction of sp³-hybridized carbons (Fsp3) is 0.400. The van der Waals surface area contributed by atoms with Gasteiger partial charge in [0, 0.05) is 31.5 Å². The smallest absolute Gasteiger partial charge is 0.256 e. The summed E-state index contributed by atoms with van der Waals surface area (Å²) in [5, 5.41) is 6.04. The highest BCUT2D eigenvalue weighted by Crippen LogP contribution is 2.14. The Labute approximate surface area is 164 Å². The van der Waals surface area contributed by atoms with Crippen LogP contribution < -0.4 is 15.4 Å². The van der Waals surface area contributed by atoms with Gasteiger partial charge in [-0.1, -0.05) is 6.07 Å². The van der Waals surface area contributed by atoms with E-state index >= 15 is 0 Å². The Kier molecular flexibility index (Phi) is 6.78. The number of hydrogen-bond acceptors (Lipinski definition) is 6. The zero-order valence-electron chi connectivity index (χ0n) is 16.0. The van der Waals surface area contributed by atoms with Gasteiger partial charge in [0.1, 0.15) is 11.6 Å². The molecule has 3 heterocycles. The summed E-state index contributed by atoms with van der Waals surface area (Å²) in [6, 6.07) is 7.53. The van der Waals surface area contributed by atoms with E-state index < -0.39 is 0 Å². The molecule has 0 aliphatic carbocycles. The molecule has 28 heavy (non-hydrogen) atoms. The summed E-state index contributed by atoms with van der Waals surface area (Å²) in [6.07, 6.45) is 5.51. The molecule has 2 bridgehead atoms. The highest BCUT2D eigenvalue weighted by atomic mass is 16.5. The number of aryl methyl sites for hydroxylation is 1. The van der Waals surface area contributed by atoms with Crippen LogP contribution in [0.3, 0.4) is 0 Å². The molecule has 0 spiro atoms. The number of ether oxygens (including phenoxy) is 1. The van der Waals surface area contributed by atoms with E-state index in [1.165, 1.54) is 13.3 Å². The van der Waals surface area contributed by atoms with E-state index in [-0.39, 0.29) is 18.4 Å². The lowest BCUT2D eigenvalue weighted by Gasteiger charge is -2.23. The highest BCUT2D eigenvalue weighted by molar-refractivity contribution is 5.96. The molecule has 2 aromatic heterocycles. The number of carbonyl (C=O) groups is 2. The third-order valence-corrected chi connectivity index (χ3v) is 4.49. The maximum absolute atomic E-state index is 12.9. The summed E-state index contributed by atoms with van der Waals surface area (Å²) in [4.78, 5) is 35.4. The van der Waals surface area contributed by atoms with Gasteiger partial charge in [0.05, 0.1) is 25.4 Å². The van der Waals surface area contributed by atoms with E-state index in [0.717, 1.165) is 30.8 Å². The molecule has 1 aliphatic rings. The lowest BCUT2D eigenvalue weighted by Crippen LogP contribution is -2.42. The monoisotopic (exact) mass is 383 g/mol. The minimum atomic E-state index is -0.230. The fourth-order valence-corrected chi connectivity index (χ4v) is 3.03. The predicted octanol–water partition coefficient (Wildman–Crippen LogP) is 1.49. The average molecular weight is 383 g/mol. The Morgan fingerprint density at radius 3 is 2.89 bits per heavy atom. The molecular formula is C20H25N5O3. The summed E-state index contributed by atoms with van der Waals surface area (Å²) < 4.78 is 5.15. The van der Waals surface area contributed by atoms with E-state index in [1.54, 1.807) is 17.2 Å². The van der Waals surface area contributed by atoms with Gasteiger partial charge >= 0.3 is 0 Å². The van der Waals surface area contributed by atoms with Crippen LogP contribution in [0.25, 0.3) is 0 Å². The zero-order valence-corrected chi connectivity index (χ0v) is 16.0. The first-order chi connectivity index (χ1) is 13.7. The number of methoxy groups -OCH3 is 1. The van der Waals surface area contributed by atoms with E-state index in [9.17, 15) is 9.59 Å². The van der Waals surface area contributed by atoms with Crippen molar-refractivity contribution >= 4 is 17.6 Å². The molecule has 0 fully saturated rings. The molecule has 148 valence electrons. The van der Waals surface area contributed by atoms with Crippen molar-refractivity contribution in [2.45, 2.75) is 19.3 Å². The molecule has 1 aliphatic heterocycles. The molecule has 0 saturated carbocycles. The standard InChI is InChI=1S/C20H25N5O3/c1-28-17-11-15(12-21-13-17)20(27)25-10-3-2-5-16-6-4-7-18(24-16)22-8-9-23-19(26)14-25/h4,6-7,11-13H,2-3,5,8-10,14H2,1H3,(H,22,24)(H,23,26). The number of carbonyl (C=O) groups excluding carboxylic acids is 2. The van der Waals surface area contributed by atoms with Crippen molar-refractivity contribution in [3.05, 3.63) is 47.9 Å². The van der Waals surface area contributed by atoms with Gasteiger partial charge in [0.25, 0.3) is 5.91 Å². The van der Waals surface area contributed by atoms with Crippen LogP contribution in [0.2, 0.25) is 0 Å². The summed E-state index contributed by atoms with van der Waals surface area (Å²) in [5.41, 5.74) is 1.42. The number of rotatable bonds is 2. The normalized spacial score (nSPS) is 15.8. The maximum atomic E-state index is 12.9. The van der Waals surface area contributed by atoms with E-state index in [2.05, 4.69) is 20.6 Å². The highest BCUT2D eigenvalue weighted by Gasteiger charge is 2.19. The summed E-state index contributed by atoms with van der Waals surface area (Å²) >= 11 is 0. The Hall–Kier alpha value is -3.16. The molecular weight excluding hydrogens is 358 g/mol. The number of pyridine rings is 2. The van der Waals surface area contributed by atoms with Gasteiger partial charge in [-0.25, -0.2) is 4.98 Å². The quantitative estimate of drug-likeness (QED) is 0.816. The third kappa shape index (κ3) is 5.42. The second-order valence-corrected chi connectivity index (χ2v) is 6.59. The lowest BCUT2D eigenvalue weighted by molar-refractivity contribution is -0.121. The van der Waals surface area contributed by atoms with Gasteiger partial charge in [-0.15, -0.1) is 0 Å². The van der Waals surface area contributed by atoms with Crippen LogP contribution in [0.1, 0.15) is 28.9 Å². The first-order valence-corrected chi connectivity index (χ1v) is 9.40. The number of fused-ring (bicyclic) bond motifs is 2. The van der Waals surface area contributed by atoms with Crippen molar-refractivity contribution in [2.75, 3.05) is 38.6 Å². The van der Waals surface area contributed by atoms with Gasteiger partial charge in [0.15, 0.2) is 0 Å². The Morgan fingerprint density at radius 1 is 1.18 bits per heavy atom. The third-order valence-electron chi connectivity index (χ3n) is 4.49. The molecule has 2 aromatic rings. The molecule has 0 aromatic carbocycles. The largest absolute Gasteiger partial charge is 0.495 e. The van der Waals surface area contributed by atoms with Crippen LogP contribution in [-0.4, -0.2) is 60.0 Å². The van der Waals surface area contributed by atoms with Gasteiger partial charge < -0.3 is 20.3 Å². The second-order valence-electron chi connectivity index (χ2n) is 6.59. The lowest BCUT2D eigenvalue weighted by atomic mass is 10.1. The number of amides is 2. The van der Waals surface area contributed by atoms with Gasteiger partial charge in [-0.05, 0) is 37.5 Å². The van der Waals surface area contributed by atoms with Crippen LogP contribution >= 0.6 is 0 Å². The van der Waals surface area contributed by atoms with Crippen molar-refractivity contribution in [2.24, 2.45) is 0 Å². The number of nitrogens with zero attached hydrogens (tertiary/aromatic N) is 3. The molecule has 2 amide bonds. The first-order valence-electron chi connectivity index (χ1n) is 9.40. The van der Waals surface area contributed by atoms with Crippen molar-refractivity contribution in [1.82, 2.24) is 20.2 Å². The first kappa shape index (κ1) is 19.6. The molecule has 8 nitrogen and oxygen atoms in total. The van der Waals surface area contributed by atoms with Crippen LogP contribution in [0.5, 0.6) is 5.75 Å². The van der Waals surface area contributed by atoms with Crippen LogP contribution in [0, 0.1) is 0 Å². The molecule has 0 atom stereocenters. The van der Waals surface area contributed by atoms with Gasteiger partial charge in [-0.3, -0.25) is 14.6 Å². The minimum absolute atomic E-state index is 0.0135. The van der Waals surface area contributed by atoms with Gasteiger partial charge in [-0.2, -0.15) is 0 Å². The van der Waals surface area contributed by atoms with E-state index in [1.807, 2.05) is 18.2 Å². The summed E-state index contributed by atoms with van der Waals surface area (Å²) in [7, 11) is 1.53. The average Bonchev–Trinajstić information content (AvgIpc) is 2.72. The van der Waals surface area contributed by atoms with Crippen molar-refractivity contribution in [3.63, 3.8) is 0 Å². The maximum Gasteiger partial charge on any atom is 0.256 e. The number of nitrogens with one attached hydrogen (secondary N) is 2. The van der Waals surface area contributed by atoms with Crippen LogP contribution in [0.4, 0.5) is 5.82 Å². The number of aromatic nitrogens is 2. The van der Waals surface area contributed by atoms with Crippen molar-refractivity contribution in [1.29, 1.82) is 0 Å². The number of anilines is 1. The predicted molar refractivity (Wildman–Crippen MR) is 105 cm³/mol. The summed E-state index contributed by atoms with van der Waals surface area (Å²) in [5.74, 6) is 0.900. The van der Waals surface area contributed by atoms with Crippen LogP contribution in [0.15, 0.2) is 36.7 Å². The van der Waals surface area contributed by atoms with Crippen molar-refractivity contribution < 1.29 is 14.3 Å². The molecule has 0 saturated heterocycles. The Morgan fingerprint density at radius 2 is 2.04 bits per heavy atom. The zero-order chi connectivity index (χ0) is 19.8. The minimum Gasteiger partial charge on any atom is -0.495 e. The molecule has 8 heteroatoms. The molecule has 3 rings (SSSR count). The Bertz CT molecular complexity index is 827. The molecule has 0 unspecified atom stereocenters. The second kappa shape index (κ2) is 9.68. The fourth-order valence-electron chi connectivity index (χ4n) is 3.03. The Balaban J connectivity index is 1.72. The van der Waals surface area contributed by atoms with E-state index in [4.69, 9.17) is 4.74 Å². The molecule has 0 radical (unpaired) electrons. The van der Waals surface area contributed by atoms with Gasteiger partial charge in [0.2, 0.25) is 5.91 Å². The topological polar surface area (TPSA) is 96.4 Å². The molecule has 2 N–H and O–H groups in total. The van der Waals surface area contributed by atoms with E-state index in [0.29, 0.717) is 30.9 Å².